The van der Waals surface area contributed by atoms with E-state index in [2.05, 4.69) is 18.8 Å². The van der Waals surface area contributed by atoms with Crippen LogP contribution in [0, 0.1) is 12.8 Å². The second kappa shape index (κ2) is 13.0. The minimum Gasteiger partial charge on any atom is -0.507 e. The highest BCUT2D eigenvalue weighted by atomic mass is 32.1. The molecule has 216 valence electrons. The number of aliphatic hydroxyl groups excluding tert-OH is 1. The fraction of sp³-hybridized carbons (Fsp3) is 0.355. The summed E-state index contributed by atoms with van der Waals surface area (Å²) in [7, 11) is 1.26. The van der Waals surface area contributed by atoms with Gasteiger partial charge in [-0.2, -0.15) is 0 Å². The van der Waals surface area contributed by atoms with Gasteiger partial charge in [0.15, 0.2) is 5.13 Å². The van der Waals surface area contributed by atoms with Crippen molar-refractivity contribution in [3.05, 3.63) is 75.8 Å². The molecule has 1 saturated heterocycles. The fourth-order valence-electron chi connectivity index (χ4n) is 4.38. The van der Waals surface area contributed by atoms with Crippen LogP contribution >= 0.6 is 11.3 Å². The van der Waals surface area contributed by atoms with E-state index in [0.717, 1.165) is 24.2 Å². The monoisotopic (exact) mass is 578 g/mol. The van der Waals surface area contributed by atoms with Gasteiger partial charge in [-0.3, -0.25) is 14.5 Å². The molecule has 0 aliphatic carbocycles. The second-order valence-corrected chi connectivity index (χ2v) is 11.0. The molecule has 41 heavy (non-hydrogen) atoms. The van der Waals surface area contributed by atoms with E-state index >= 15 is 0 Å². The number of esters is 1. The normalized spacial score (nSPS) is 16.3. The van der Waals surface area contributed by atoms with Crippen LogP contribution < -0.4 is 14.4 Å². The third kappa shape index (κ3) is 6.43. The van der Waals surface area contributed by atoms with Crippen LogP contribution in [-0.4, -0.2) is 48.1 Å². The van der Waals surface area contributed by atoms with E-state index in [-0.39, 0.29) is 21.3 Å². The fourth-order valence-corrected chi connectivity index (χ4v) is 5.40. The van der Waals surface area contributed by atoms with Gasteiger partial charge in [0.05, 0.1) is 37.6 Å². The van der Waals surface area contributed by atoms with Gasteiger partial charge in [0.2, 0.25) is 0 Å². The van der Waals surface area contributed by atoms with Crippen molar-refractivity contribution < 1.29 is 33.7 Å². The Morgan fingerprint density at radius 1 is 1.07 bits per heavy atom. The van der Waals surface area contributed by atoms with Crippen molar-refractivity contribution in [3.8, 4) is 11.5 Å². The first-order valence-corrected chi connectivity index (χ1v) is 14.3. The van der Waals surface area contributed by atoms with E-state index in [1.54, 1.807) is 55.5 Å². The number of aromatic nitrogens is 1. The number of amides is 1. The number of Topliss-reactive ketones (excluding diaryl/α,β-unsaturated/α-hetero) is 1. The molecule has 0 spiro atoms. The predicted octanol–water partition coefficient (Wildman–Crippen LogP) is 6.08. The van der Waals surface area contributed by atoms with Gasteiger partial charge in [0.25, 0.3) is 5.78 Å². The van der Waals surface area contributed by atoms with Gasteiger partial charge in [-0.15, -0.1) is 0 Å². The van der Waals surface area contributed by atoms with Crippen LogP contribution in [0.3, 0.4) is 0 Å². The highest BCUT2D eigenvalue weighted by molar-refractivity contribution is 7.17. The van der Waals surface area contributed by atoms with Crippen LogP contribution in [0.5, 0.6) is 11.5 Å². The molecule has 9 nitrogen and oxygen atoms in total. The second-order valence-electron chi connectivity index (χ2n) is 10.0. The zero-order valence-corrected chi connectivity index (χ0v) is 24.6. The Morgan fingerprint density at radius 3 is 2.44 bits per heavy atom. The van der Waals surface area contributed by atoms with Gasteiger partial charge in [0.1, 0.15) is 22.1 Å². The Labute approximate surface area is 243 Å². The molecule has 1 amide bonds. The Kier molecular flexibility index (Phi) is 9.44. The number of thiazole rings is 1. The molecule has 2 aromatic carbocycles. The molecule has 4 rings (SSSR count). The van der Waals surface area contributed by atoms with E-state index in [1.165, 1.54) is 12.0 Å². The highest BCUT2D eigenvalue weighted by Gasteiger charge is 2.48. The molecule has 0 radical (unpaired) electrons. The number of methoxy groups -OCH3 is 1. The zero-order chi connectivity index (χ0) is 29.7. The number of aryl methyl sites for hydroxylation is 1. The molecular weight excluding hydrogens is 544 g/mol. The van der Waals surface area contributed by atoms with E-state index in [1.807, 2.05) is 6.92 Å². The molecule has 1 aliphatic heterocycles. The third-order valence-corrected chi connectivity index (χ3v) is 7.68. The first kappa shape index (κ1) is 29.8. The average molecular weight is 579 g/mol. The summed E-state index contributed by atoms with van der Waals surface area (Å²) in [6.07, 6.45) is 1.70. The first-order valence-electron chi connectivity index (χ1n) is 13.5. The lowest BCUT2D eigenvalue weighted by atomic mass is 9.95. The van der Waals surface area contributed by atoms with E-state index in [4.69, 9.17) is 14.2 Å². The minimum absolute atomic E-state index is 0.0935. The van der Waals surface area contributed by atoms with Crippen molar-refractivity contribution in [1.29, 1.82) is 0 Å². The van der Waals surface area contributed by atoms with Crippen LogP contribution in [0.15, 0.2) is 54.1 Å². The van der Waals surface area contributed by atoms with E-state index in [0.29, 0.717) is 47.5 Å². The Morgan fingerprint density at radius 2 is 1.78 bits per heavy atom. The molecule has 0 bridgehead atoms. The molecule has 1 N–H and O–H groups in total. The molecule has 1 aliphatic rings. The molecule has 3 aromatic rings. The van der Waals surface area contributed by atoms with E-state index < -0.39 is 23.7 Å². The number of anilines is 1. The largest absolute Gasteiger partial charge is 0.507 e. The highest BCUT2D eigenvalue weighted by Crippen LogP contribution is 2.44. The molecule has 10 heteroatoms. The van der Waals surface area contributed by atoms with Crippen molar-refractivity contribution in [2.45, 2.75) is 46.6 Å². The number of ketones is 1. The minimum atomic E-state index is -1.02. The third-order valence-electron chi connectivity index (χ3n) is 6.54. The summed E-state index contributed by atoms with van der Waals surface area (Å²) in [6, 6.07) is 12.7. The molecule has 1 atom stereocenters. The van der Waals surface area contributed by atoms with Gasteiger partial charge in [-0.05, 0) is 67.6 Å². The summed E-state index contributed by atoms with van der Waals surface area (Å²) in [4.78, 5) is 45.2. The quantitative estimate of drug-likeness (QED) is 0.126. The number of aliphatic hydroxyl groups is 1. The average Bonchev–Trinajstić information content (AvgIpc) is 3.47. The molecule has 2 heterocycles. The maximum Gasteiger partial charge on any atom is 0.350 e. The number of benzene rings is 2. The van der Waals surface area contributed by atoms with Gasteiger partial charge >= 0.3 is 11.9 Å². The maximum absolute atomic E-state index is 13.5. The van der Waals surface area contributed by atoms with Crippen LogP contribution in [-0.2, 0) is 14.3 Å². The summed E-state index contributed by atoms with van der Waals surface area (Å²) in [5.41, 5.74) is 1.17. The topological polar surface area (TPSA) is 115 Å². The number of nitrogens with zero attached hydrogens (tertiary/aromatic N) is 2. The van der Waals surface area contributed by atoms with Gasteiger partial charge in [0, 0.05) is 5.56 Å². The SMILES string of the molecule is CCCOc1ccc(C(O)=C2C(=O)C(=O)N(c3nc(C)c(C(=O)OC)s3)C2c2cccc(OCCC(C)C)c2)cc1. The lowest BCUT2D eigenvalue weighted by Gasteiger charge is -2.23. The number of carbonyl (C=O) groups excluding carboxylic acids is 3. The summed E-state index contributed by atoms with van der Waals surface area (Å²) in [6.45, 7) is 8.89. The standard InChI is InChI=1S/C31H34N2O7S/c1-6-15-39-22-12-10-20(11-13-22)26(34)24-25(21-8-7-9-23(17-21)40-16-14-18(2)3)33(29(36)27(24)35)31-32-19(4)28(41-31)30(37)38-5/h7-13,17-18,25,34H,6,14-16H2,1-5H3. The summed E-state index contributed by atoms with van der Waals surface area (Å²) < 4.78 is 16.4. The lowest BCUT2D eigenvalue weighted by Crippen LogP contribution is -2.29. The Bertz CT molecular complexity index is 1460. The number of ether oxygens (including phenoxy) is 3. The Balaban J connectivity index is 1.83. The molecule has 1 aromatic heterocycles. The molecular formula is C31H34N2O7S. The van der Waals surface area contributed by atoms with E-state index in [9.17, 15) is 19.5 Å². The molecule has 0 saturated carbocycles. The number of rotatable bonds is 11. The van der Waals surface area contributed by atoms with Crippen molar-refractivity contribution in [2.75, 3.05) is 25.2 Å². The lowest BCUT2D eigenvalue weighted by molar-refractivity contribution is -0.132. The summed E-state index contributed by atoms with van der Waals surface area (Å²) >= 11 is 0.949. The number of carbonyl (C=O) groups is 3. The number of hydrogen-bond acceptors (Lipinski definition) is 9. The van der Waals surface area contributed by atoms with Gasteiger partial charge < -0.3 is 19.3 Å². The predicted molar refractivity (Wildman–Crippen MR) is 157 cm³/mol. The molecule has 1 fully saturated rings. The summed E-state index contributed by atoms with van der Waals surface area (Å²) in [5.74, 6) is -0.998. The van der Waals surface area contributed by atoms with Gasteiger partial charge in [-0.25, -0.2) is 9.78 Å². The van der Waals surface area contributed by atoms with Crippen molar-refractivity contribution in [1.82, 2.24) is 4.98 Å². The molecule has 1 unspecified atom stereocenters. The smallest absolute Gasteiger partial charge is 0.350 e. The van der Waals surface area contributed by atoms with Gasteiger partial charge in [-0.1, -0.05) is 44.2 Å². The summed E-state index contributed by atoms with van der Waals surface area (Å²) in [5, 5.41) is 11.6. The zero-order valence-electron chi connectivity index (χ0n) is 23.8. The van der Waals surface area contributed by atoms with Crippen LogP contribution in [0.2, 0.25) is 0 Å². The van der Waals surface area contributed by atoms with Crippen LogP contribution in [0.25, 0.3) is 5.76 Å². The Hall–Kier alpha value is -4.18. The maximum atomic E-state index is 13.5. The number of hydrogen-bond donors (Lipinski definition) is 1. The first-order chi connectivity index (χ1) is 19.7. The van der Waals surface area contributed by atoms with Crippen LogP contribution in [0.4, 0.5) is 5.13 Å². The van der Waals surface area contributed by atoms with Crippen molar-refractivity contribution >= 4 is 39.9 Å². The van der Waals surface area contributed by atoms with Crippen molar-refractivity contribution in [3.63, 3.8) is 0 Å². The van der Waals surface area contributed by atoms with Crippen molar-refractivity contribution in [2.24, 2.45) is 5.92 Å². The van der Waals surface area contributed by atoms with Crippen LogP contribution in [0.1, 0.15) is 66.1 Å².